The molecule has 3 rings (SSSR count). The van der Waals surface area contributed by atoms with Crippen LogP contribution in [-0.2, 0) is 17.8 Å². The molecule has 3 aromatic heterocycles. The molecule has 1 amide bonds. The molecule has 0 atom stereocenters. The highest BCUT2D eigenvalue weighted by Crippen LogP contribution is 2.16. The first kappa shape index (κ1) is 15.4. The number of nitrogens with two attached hydrogens (primary N) is 1. The van der Waals surface area contributed by atoms with Crippen LogP contribution in [0.4, 0.5) is 5.95 Å². The van der Waals surface area contributed by atoms with Gasteiger partial charge in [0.05, 0.1) is 6.42 Å². The SMILES string of the molecule is Cc1nc2nc(N)nn2c(C)c1CC(=O)N(C)Cc1ccsc1. The second kappa shape index (κ2) is 5.96. The first-order valence-electron chi connectivity index (χ1n) is 7.19. The molecule has 0 saturated carbocycles. The maximum atomic E-state index is 12.5. The number of carbonyl (C=O) groups excluding carboxylic acids is 1. The van der Waals surface area contributed by atoms with Gasteiger partial charge in [0, 0.05) is 30.5 Å². The normalized spacial score (nSPS) is 11.1. The number of carbonyl (C=O) groups is 1. The predicted molar refractivity (Wildman–Crippen MR) is 89.2 cm³/mol. The number of nitrogens with zero attached hydrogens (tertiary/aromatic N) is 5. The Kier molecular flexibility index (Phi) is 3.99. The van der Waals surface area contributed by atoms with Crippen LogP contribution in [-0.4, -0.2) is 37.4 Å². The van der Waals surface area contributed by atoms with Gasteiger partial charge in [-0.1, -0.05) is 0 Å². The average molecular weight is 330 g/mol. The van der Waals surface area contributed by atoms with E-state index in [0.717, 1.165) is 22.5 Å². The summed E-state index contributed by atoms with van der Waals surface area (Å²) < 4.78 is 1.59. The Hall–Kier alpha value is -2.48. The van der Waals surface area contributed by atoms with Gasteiger partial charge in [0.15, 0.2) is 0 Å². The van der Waals surface area contributed by atoms with Gasteiger partial charge < -0.3 is 10.6 Å². The molecule has 0 radical (unpaired) electrons. The number of nitrogen functional groups attached to an aromatic ring is 1. The van der Waals surface area contributed by atoms with E-state index in [1.807, 2.05) is 37.7 Å². The number of aromatic nitrogens is 4. The van der Waals surface area contributed by atoms with Gasteiger partial charge in [-0.2, -0.15) is 20.8 Å². The lowest BCUT2D eigenvalue weighted by Gasteiger charge is -2.18. The molecule has 120 valence electrons. The van der Waals surface area contributed by atoms with Crippen LogP contribution in [0.25, 0.3) is 5.78 Å². The van der Waals surface area contributed by atoms with E-state index in [0.29, 0.717) is 12.3 Å². The first-order valence-corrected chi connectivity index (χ1v) is 8.13. The Bertz CT molecular complexity index is 855. The second-order valence-corrected chi connectivity index (χ2v) is 6.28. The van der Waals surface area contributed by atoms with Crippen molar-refractivity contribution in [3.05, 3.63) is 39.3 Å². The Morgan fingerprint density at radius 2 is 2.17 bits per heavy atom. The van der Waals surface area contributed by atoms with Gasteiger partial charge >= 0.3 is 0 Å². The standard InChI is InChI=1S/C15H18N6OS/c1-9-12(10(2)21-15(17-9)18-14(16)19-21)6-13(22)20(3)7-11-4-5-23-8-11/h4-5,8H,6-7H2,1-3H3,(H2,16,19). The third-order valence-corrected chi connectivity index (χ3v) is 4.55. The molecule has 7 nitrogen and oxygen atoms in total. The topological polar surface area (TPSA) is 89.4 Å². The minimum atomic E-state index is 0.0386. The number of hydrogen-bond acceptors (Lipinski definition) is 6. The molecule has 0 unspecified atom stereocenters. The number of hydrogen-bond donors (Lipinski definition) is 1. The van der Waals surface area contributed by atoms with Crippen LogP contribution >= 0.6 is 11.3 Å². The quantitative estimate of drug-likeness (QED) is 0.784. The van der Waals surface area contributed by atoms with E-state index in [9.17, 15) is 4.79 Å². The Morgan fingerprint density at radius 3 is 2.87 bits per heavy atom. The average Bonchev–Trinajstić information content (AvgIpc) is 3.12. The summed E-state index contributed by atoms with van der Waals surface area (Å²) in [6, 6.07) is 2.02. The molecular weight excluding hydrogens is 312 g/mol. The minimum Gasteiger partial charge on any atom is -0.366 e. The van der Waals surface area contributed by atoms with Crippen LogP contribution in [0.3, 0.4) is 0 Å². The molecule has 0 aliphatic heterocycles. The van der Waals surface area contributed by atoms with E-state index >= 15 is 0 Å². The van der Waals surface area contributed by atoms with Gasteiger partial charge in [-0.3, -0.25) is 4.79 Å². The van der Waals surface area contributed by atoms with Crippen molar-refractivity contribution in [2.45, 2.75) is 26.8 Å². The molecule has 0 fully saturated rings. The van der Waals surface area contributed by atoms with Crippen molar-refractivity contribution in [2.24, 2.45) is 0 Å². The van der Waals surface area contributed by atoms with Gasteiger partial charge in [-0.05, 0) is 36.2 Å². The Morgan fingerprint density at radius 1 is 1.39 bits per heavy atom. The largest absolute Gasteiger partial charge is 0.366 e. The highest BCUT2D eigenvalue weighted by atomic mass is 32.1. The molecule has 0 saturated heterocycles. The summed E-state index contributed by atoms with van der Waals surface area (Å²) in [5.41, 5.74) is 9.25. The lowest BCUT2D eigenvalue weighted by atomic mass is 10.1. The molecule has 0 aliphatic carbocycles. The van der Waals surface area contributed by atoms with E-state index in [4.69, 9.17) is 5.73 Å². The zero-order valence-corrected chi connectivity index (χ0v) is 14.1. The molecule has 0 spiro atoms. The van der Waals surface area contributed by atoms with Gasteiger partial charge in [-0.25, -0.2) is 4.98 Å². The maximum Gasteiger partial charge on any atom is 0.254 e. The third kappa shape index (κ3) is 3.02. The van der Waals surface area contributed by atoms with Crippen LogP contribution in [0.15, 0.2) is 16.8 Å². The highest BCUT2D eigenvalue weighted by Gasteiger charge is 2.17. The first-order chi connectivity index (χ1) is 11.0. The van der Waals surface area contributed by atoms with Crippen LogP contribution in [0.1, 0.15) is 22.5 Å². The van der Waals surface area contributed by atoms with Crippen molar-refractivity contribution in [3.63, 3.8) is 0 Å². The molecule has 2 N–H and O–H groups in total. The van der Waals surface area contributed by atoms with Crippen LogP contribution in [0.2, 0.25) is 0 Å². The highest BCUT2D eigenvalue weighted by molar-refractivity contribution is 7.07. The molecule has 0 aromatic carbocycles. The van der Waals surface area contributed by atoms with E-state index in [1.165, 1.54) is 0 Å². The maximum absolute atomic E-state index is 12.5. The zero-order valence-electron chi connectivity index (χ0n) is 13.3. The van der Waals surface area contributed by atoms with Gasteiger partial charge in [0.2, 0.25) is 11.9 Å². The minimum absolute atomic E-state index is 0.0386. The number of likely N-dealkylation sites (N-methyl/N-ethyl adjacent to an activating group) is 1. The van der Waals surface area contributed by atoms with E-state index < -0.39 is 0 Å². The Labute approximate surface area is 137 Å². The lowest BCUT2D eigenvalue weighted by molar-refractivity contribution is -0.129. The van der Waals surface area contributed by atoms with Crippen molar-refractivity contribution in [3.8, 4) is 0 Å². The molecular formula is C15H18N6OS. The fraction of sp³-hybridized carbons (Fsp3) is 0.333. The van der Waals surface area contributed by atoms with Crippen molar-refractivity contribution < 1.29 is 4.79 Å². The second-order valence-electron chi connectivity index (χ2n) is 5.50. The van der Waals surface area contributed by atoms with Gasteiger partial charge in [-0.15, -0.1) is 5.10 Å². The van der Waals surface area contributed by atoms with Crippen molar-refractivity contribution >= 4 is 29.0 Å². The van der Waals surface area contributed by atoms with Crippen LogP contribution in [0, 0.1) is 13.8 Å². The number of anilines is 1. The van der Waals surface area contributed by atoms with Crippen molar-refractivity contribution in [2.75, 3.05) is 12.8 Å². The van der Waals surface area contributed by atoms with E-state index in [-0.39, 0.29) is 18.3 Å². The monoisotopic (exact) mass is 330 g/mol. The molecule has 8 heteroatoms. The number of fused-ring (bicyclic) bond motifs is 1. The van der Waals surface area contributed by atoms with Gasteiger partial charge in [0.1, 0.15) is 0 Å². The number of thiophene rings is 1. The predicted octanol–water partition coefficient (Wildman–Crippen LogP) is 1.59. The van der Waals surface area contributed by atoms with Gasteiger partial charge in [0.25, 0.3) is 5.78 Å². The molecule has 0 aliphatic rings. The summed E-state index contributed by atoms with van der Waals surface area (Å²) in [6.07, 6.45) is 0.279. The fourth-order valence-electron chi connectivity index (χ4n) is 2.51. The summed E-state index contributed by atoms with van der Waals surface area (Å²) in [5, 5.41) is 8.18. The summed E-state index contributed by atoms with van der Waals surface area (Å²) in [6.45, 7) is 4.38. The zero-order chi connectivity index (χ0) is 16.6. The van der Waals surface area contributed by atoms with Crippen LogP contribution in [0.5, 0.6) is 0 Å². The molecule has 3 heterocycles. The number of rotatable bonds is 4. The smallest absolute Gasteiger partial charge is 0.254 e. The lowest BCUT2D eigenvalue weighted by Crippen LogP contribution is -2.28. The Balaban J connectivity index is 1.84. The van der Waals surface area contributed by atoms with Crippen LogP contribution < -0.4 is 5.73 Å². The molecule has 0 bridgehead atoms. The molecule has 3 aromatic rings. The third-order valence-electron chi connectivity index (χ3n) is 3.82. The number of aryl methyl sites for hydroxylation is 2. The van der Waals surface area contributed by atoms with E-state index in [2.05, 4.69) is 15.1 Å². The van der Waals surface area contributed by atoms with Crippen molar-refractivity contribution in [1.82, 2.24) is 24.5 Å². The number of amides is 1. The van der Waals surface area contributed by atoms with Crippen molar-refractivity contribution in [1.29, 1.82) is 0 Å². The molecule has 23 heavy (non-hydrogen) atoms. The fourth-order valence-corrected chi connectivity index (χ4v) is 3.17. The summed E-state index contributed by atoms with van der Waals surface area (Å²) in [7, 11) is 1.81. The van der Waals surface area contributed by atoms with E-state index in [1.54, 1.807) is 20.8 Å². The summed E-state index contributed by atoms with van der Waals surface area (Å²) in [4.78, 5) is 22.7. The summed E-state index contributed by atoms with van der Waals surface area (Å²) in [5.74, 6) is 0.676. The summed E-state index contributed by atoms with van der Waals surface area (Å²) >= 11 is 1.63.